The monoisotopic (exact) mass is 324 g/mol. The summed E-state index contributed by atoms with van der Waals surface area (Å²) in [6.45, 7) is 3.99. The summed E-state index contributed by atoms with van der Waals surface area (Å²) in [6, 6.07) is 5.95. The first-order valence-electron chi connectivity index (χ1n) is 7.52. The van der Waals surface area contributed by atoms with E-state index in [2.05, 4.69) is 14.5 Å². The fourth-order valence-electron chi connectivity index (χ4n) is 2.91. The Labute approximate surface area is 138 Å². The van der Waals surface area contributed by atoms with E-state index in [9.17, 15) is 4.79 Å². The molecule has 6 heteroatoms. The van der Waals surface area contributed by atoms with Crippen molar-refractivity contribution in [1.29, 1.82) is 0 Å². The number of pyridine rings is 1. The molecule has 1 aliphatic heterocycles. The molecule has 1 amide bonds. The van der Waals surface area contributed by atoms with Gasteiger partial charge in [-0.15, -0.1) is 11.3 Å². The molecule has 3 aromatic rings. The number of imidazole rings is 1. The van der Waals surface area contributed by atoms with Crippen LogP contribution in [0.1, 0.15) is 21.1 Å². The van der Waals surface area contributed by atoms with Crippen molar-refractivity contribution in [2.45, 2.75) is 20.0 Å². The minimum absolute atomic E-state index is 0.106. The average Bonchev–Trinajstić information content (AvgIpc) is 3.20. The van der Waals surface area contributed by atoms with Crippen LogP contribution < -0.4 is 0 Å². The highest BCUT2D eigenvalue weighted by atomic mass is 32.1. The standard InChI is InChI=1S/C17H16N4OS/c1-12-4-8-23-16(12)17(22)20-6-7-21-14(10-19-15(21)11-20)13-3-2-5-18-9-13/h2-5,8-10H,6-7,11H2,1H3. The van der Waals surface area contributed by atoms with Gasteiger partial charge in [-0.3, -0.25) is 9.78 Å². The van der Waals surface area contributed by atoms with E-state index in [4.69, 9.17) is 0 Å². The largest absolute Gasteiger partial charge is 0.329 e. The van der Waals surface area contributed by atoms with Gasteiger partial charge < -0.3 is 9.47 Å². The normalized spacial score (nSPS) is 13.9. The number of aryl methyl sites for hydroxylation is 1. The van der Waals surface area contributed by atoms with Crippen molar-refractivity contribution in [3.63, 3.8) is 0 Å². The number of hydrogen-bond donors (Lipinski definition) is 0. The molecule has 0 fully saturated rings. The second-order valence-electron chi connectivity index (χ2n) is 5.61. The van der Waals surface area contributed by atoms with Gasteiger partial charge in [-0.1, -0.05) is 0 Å². The molecule has 0 aromatic carbocycles. The number of carbonyl (C=O) groups excluding carboxylic acids is 1. The van der Waals surface area contributed by atoms with Crippen molar-refractivity contribution >= 4 is 17.2 Å². The SMILES string of the molecule is Cc1ccsc1C(=O)N1CCn2c(-c3cccnc3)cnc2C1. The van der Waals surface area contributed by atoms with Crippen LogP contribution in [-0.4, -0.2) is 31.9 Å². The zero-order chi connectivity index (χ0) is 15.8. The zero-order valence-electron chi connectivity index (χ0n) is 12.8. The Morgan fingerprint density at radius 1 is 1.26 bits per heavy atom. The minimum Gasteiger partial charge on any atom is -0.329 e. The highest BCUT2D eigenvalue weighted by Crippen LogP contribution is 2.25. The van der Waals surface area contributed by atoms with E-state index < -0.39 is 0 Å². The Morgan fingerprint density at radius 2 is 2.17 bits per heavy atom. The Hall–Kier alpha value is -2.47. The lowest BCUT2D eigenvalue weighted by Crippen LogP contribution is -2.38. The summed E-state index contributed by atoms with van der Waals surface area (Å²) in [5.74, 6) is 1.03. The van der Waals surface area contributed by atoms with E-state index in [1.54, 1.807) is 6.20 Å². The molecule has 0 unspecified atom stereocenters. The summed E-state index contributed by atoms with van der Waals surface area (Å²) in [4.78, 5) is 24.1. The van der Waals surface area contributed by atoms with Crippen LogP contribution in [0.25, 0.3) is 11.3 Å². The maximum Gasteiger partial charge on any atom is 0.264 e. The van der Waals surface area contributed by atoms with E-state index in [1.165, 1.54) is 11.3 Å². The molecule has 3 aromatic heterocycles. The van der Waals surface area contributed by atoms with Crippen LogP contribution >= 0.6 is 11.3 Å². The third-order valence-electron chi connectivity index (χ3n) is 4.16. The number of thiophene rings is 1. The number of hydrogen-bond acceptors (Lipinski definition) is 4. The van der Waals surface area contributed by atoms with Crippen LogP contribution in [0.15, 0.2) is 42.2 Å². The van der Waals surface area contributed by atoms with Crippen LogP contribution in [0.3, 0.4) is 0 Å². The lowest BCUT2D eigenvalue weighted by molar-refractivity contribution is 0.0712. The number of rotatable bonds is 2. The molecule has 0 radical (unpaired) electrons. The van der Waals surface area contributed by atoms with Crippen molar-refractivity contribution in [2.24, 2.45) is 0 Å². The van der Waals surface area contributed by atoms with Crippen molar-refractivity contribution in [3.8, 4) is 11.3 Å². The highest BCUT2D eigenvalue weighted by molar-refractivity contribution is 7.12. The van der Waals surface area contributed by atoms with Crippen molar-refractivity contribution in [1.82, 2.24) is 19.4 Å². The first-order chi connectivity index (χ1) is 11.2. The van der Waals surface area contributed by atoms with E-state index in [0.29, 0.717) is 13.1 Å². The fourth-order valence-corrected chi connectivity index (χ4v) is 3.81. The maximum atomic E-state index is 12.7. The topological polar surface area (TPSA) is 51.0 Å². The van der Waals surface area contributed by atoms with Gasteiger partial charge in [0.1, 0.15) is 5.82 Å². The van der Waals surface area contributed by atoms with Crippen molar-refractivity contribution in [2.75, 3.05) is 6.54 Å². The van der Waals surface area contributed by atoms with Crippen molar-refractivity contribution in [3.05, 3.63) is 58.4 Å². The van der Waals surface area contributed by atoms with Crippen LogP contribution in [-0.2, 0) is 13.1 Å². The average molecular weight is 324 g/mol. The van der Waals surface area contributed by atoms with Gasteiger partial charge >= 0.3 is 0 Å². The second kappa shape index (κ2) is 5.62. The molecule has 0 atom stereocenters. The van der Waals surface area contributed by atoms with Gasteiger partial charge in [0.2, 0.25) is 0 Å². The minimum atomic E-state index is 0.106. The molecule has 5 nitrogen and oxygen atoms in total. The molecule has 0 spiro atoms. The molecule has 23 heavy (non-hydrogen) atoms. The number of carbonyl (C=O) groups is 1. The first-order valence-corrected chi connectivity index (χ1v) is 8.40. The molecule has 0 saturated carbocycles. The predicted molar refractivity (Wildman–Crippen MR) is 89.3 cm³/mol. The van der Waals surface area contributed by atoms with Gasteiger partial charge in [-0.25, -0.2) is 4.98 Å². The van der Waals surface area contributed by atoms with Gasteiger partial charge in [0.15, 0.2) is 0 Å². The van der Waals surface area contributed by atoms with Gasteiger partial charge in [0, 0.05) is 31.0 Å². The zero-order valence-corrected chi connectivity index (χ0v) is 13.6. The lowest BCUT2D eigenvalue weighted by atomic mass is 10.2. The Morgan fingerprint density at radius 3 is 2.91 bits per heavy atom. The molecule has 0 aliphatic carbocycles. The lowest BCUT2D eigenvalue weighted by Gasteiger charge is -2.28. The number of nitrogens with zero attached hydrogens (tertiary/aromatic N) is 4. The van der Waals surface area contributed by atoms with E-state index in [0.717, 1.165) is 34.1 Å². The molecule has 0 N–H and O–H groups in total. The Bertz CT molecular complexity index is 853. The molecule has 116 valence electrons. The molecule has 0 bridgehead atoms. The highest BCUT2D eigenvalue weighted by Gasteiger charge is 2.26. The van der Waals surface area contributed by atoms with E-state index in [1.807, 2.05) is 47.8 Å². The van der Waals surface area contributed by atoms with Crippen molar-refractivity contribution < 1.29 is 4.79 Å². The fraction of sp³-hybridized carbons (Fsp3) is 0.235. The summed E-state index contributed by atoms with van der Waals surface area (Å²) in [5.41, 5.74) is 3.16. The molecular weight excluding hydrogens is 308 g/mol. The first kappa shape index (κ1) is 14.1. The smallest absolute Gasteiger partial charge is 0.264 e. The Kier molecular flexibility index (Phi) is 3.46. The van der Waals surface area contributed by atoms with E-state index >= 15 is 0 Å². The van der Waals surface area contributed by atoms with Crippen LogP contribution in [0.4, 0.5) is 0 Å². The molecule has 4 heterocycles. The van der Waals surface area contributed by atoms with Gasteiger partial charge in [0.05, 0.1) is 23.3 Å². The molecule has 0 saturated heterocycles. The van der Waals surface area contributed by atoms with Gasteiger partial charge in [-0.05, 0) is 36.1 Å². The van der Waals surface area contributed by atoms with Crippen LogP contribution in [0.5, 0.6) is 0 Å². The second-order valence-corrected chi connectivity index (χ2v) is 6.53. The molecule has 1 aliphatic rings. The molecular formula is C17H16N4OS. The summed E-state index contributed by atoms with van der Waals surface area (Å²) < 4.78 is 2.18. The quantitative estimate of drug-likeness (QED) is 0.728. The van der Waals surface area contributed by atoms with Gasteiger partial charge in [-0.2, -0.15) is 0 Å². The summed E-state index contributed by atoms with van der Waals surface area (Å²) in [6.07, 6.45) is 5.48. The van der Waals surface area contributed by atoms with Crippen LogP contribution in [0, 0.1) is 6.92 Å². The number of amides is 1. The summed E-state index contributed by atoms with van der Waals surface area (Å²) in [7, 11) is 0. The maximum absolute atomic E-state index is 12.7. The Balaban J connectivity index is 1.61. The number of aromatic nitrogens is 3. The third kappa shape index (κ3) is 2.45. The number of fused-ring (bicyclic) bond motifs is 1. The van der Waals surface area contributed by atoms with E-state index in [-0.39, 0.29) is 5.91 Å². The third-order valence-corrected chi connectivity index (χ3v) is 5.17. The van der Waals surface area contributed by atoms with Crippen LogP contribution in [0.2, 0.25) is 0 Å². The summed E-state index contributed by atoms with van der Waals surface area (Å²) in [5, 5.41) is 1.97. The molecule has 4 rings (SSSR count). The predicted octanol–water partition coefficient (Wildman–Crippen LogP) is 2.97. The van der Waals surface area contributed by atoms with Gasteiger partial charge in [0.25, 0.3) is 5.91 Å². The summed E-state index contributed by atoms with van der Waals surface area (Å²) >= 11 is 1.51.